The van der Waals surface area contributed by atoms with Crippen molar-refractivity contribution < 1.29 is 0 Å². The highest BCUT2D eigenvalue weighted by Crippen LogP contribution is 2.29. The molecule has 116 valence electrons. The lowest BCUT2D eigenvalue weighted by atomic mass is 10.1. The summed E-state index contributed by atoms with van der Waals surface area (Å²) in [6.45, 7) is 4.16. The second-order valence-corrected chi connectivity index (χ2v) is 6.25. The first-order valence-electron chi connectivity index (χ1n) is 7.53. The van der Waals surface area contributed by atoms with Gasteiger partial charge in [0.1, 0.15) is 5.52 Å². The third-order valence-electron chi connectivity index (χ3n) is 4.49. The molecule has 0 aliphatic carbocycles. The van der Waals surface area contributed by atoms with Gasteiger partial charge in [0.15, 0.2) is 17.3 Å². The molecule has 0 bridgehead atoms. The fourth-order valence-corrected chi connectivity index (χ4v) is 3.57. The Labute approximate surface area is 133 Å². The zero-order chi connectivity index (χ0) is 15.1. The standard InChI is InChI=1S/C14H18ClN7/c15-9-6-11-12(17-7-9)19-14(13(18-11)20-16)22-5-4-21-3-1-2-10(21)8-22/h6-7,10H,1-5,8,16H2,(H,18,20). The number of pyridine rings is 1. The van der Waals surface area contributed by atoms with Crippen LogP contribution in [0.4, 0.5) is 11.6 Å². The van der Waals surface area contributed by atoms with E-state index in [2.05, 4.69) is 30.2 Å². The number of nitrogens with two attached hydrogens (primary N) is 1. The van der Waals surface area contributed by atoms with Gasteiger partial charge in [0.25, 0.3) is 0 Å². The highest BCUT2D eigenvalue weighted by Gasteiger charge is 2.32. The fraction of sp³-hybridized carbons (Fsp3) is 0.500. The van der Waals surface area contributed by atoms with Gasteiger partial charge < -0.3 is 10.3 Å². The van der Waals surface area contributed by atoms with Crippen LogP contribution >= 0.6 is 11.6 Å². The molecule has 1 atom stereocenters. The molecule has 2 aromatic heterocycles. The Bertz CT molecular complexity index is 707. The van der Waals surface area contributed by atoms with Crippen LogP contribution in [0.1, 0.15) is 12.8 Å². The molecule has 2 fully saturated rings. The van der Waals surface area contributed by atoms with Gasteiger partial charge in [-0.1, -0.05) is 11.6 Å². The lowest BCUT2D eigenvalue weighted by Gasteiger charge is -2.38. The summed E-state index contributed by atoms with van der Waals surface area (Å²) in [5.41, 5.74) is 3.90. The summed E-state index contributed by atoms with van der Waals surface area (Å²) >= 11 is 5.97. The lowest BCUT2D eigenvalue weighted by molar-refractivity contribution is 0.230. The lowest BCUT2D eigenvalue weighted by Crippen LogP contribution is -2.50. The van der Waals surface area contributed by atoms with Gasteiger partial charge >= 0.3 is 0 Å². The minimum Gasteiger partial charge on any atom is -0.351 e. The average Bonchev–Trinajstić information content (AvgIpc) is 3.01. The highest BCUT2D eigenvalue weighted by atomic mass is 35.5. The SMILES string of the molecule is NNc1nc2cc(Cl)cnc2nc1N1CCN2CCCC2C1. The molecule has 8 heteroatoms. The van der Waals surface area contributed by atoms with E-state index >= 15 is 0 Å². The van der Waals surface area contributed by atoms with Crippen LogP contribution in [0.25, 0.3) is 11.2 Å². The van der Waals surface area contributed by atoms with Crippen molar-refractivity contribution in [3.8, 4) is 0 Å². The smallest absolute Gasteiger partial charge is 0.184 e. The predicted molar refractivity (Wildman–Crippen MR) is 87.0 cm³/mol. The minimum absolute atomic E-state index is 0.539. The van der Waals surface area contributed by atoms with Crippen molar-refractivity contribution in [2.24, 2.45) is 5.84 Å². The summed E-state index contributed by atoms with van der Waals surface area (Å²) in [5, 5.41) is 0.539. The van der Waals surface area contributed by atoms with Crippen LogP contribution in [0.15, 0.2) is 12.3 Å². The second kappa shape index (κ2) is 5.49. The summed E-state index contributed by atoms with van der Waals surface area (Å²) < 4.78 is 0. The number of anilines is 2. The van der Waals surface area contributed by atoms with Crippen LogP contribution in [-0.4, -0.2) is 52.1 Å². The third kappa shape index (κ3) is 2.35. The summed E-state index contributed by atoms with van der Waals surface area (Å²) in [6, 6.07) is 2.35. The van der Waals surface area contributed by atoms with E-state index in [0.717, 1.165) is 25.5 Å². The highest BCUT2D eigenvalue weighted by molar-refractivity contribution is 6.31. The Kier molecular flexibility index (Phi) is 3.48. The molecule has 0 spiro atoms. The van der Waals surface area contributed by atoms with Gasteiger partial charge in [0.2, 0.25) is 0 Å². The van der Waals surface area contributed by atoms with E-state index in [0.29, 0.717) is 28.0 Å². The number of aromatic nitrogens is 3. The van der Waals surface area contributed by atoms with Crippen LogP contribution in [0.2, 0.25) is 5.02 Å². The molecular weight excluding hydrogens is 302 g/mol. The van der Waals surface area contributed by atoms with Gasteiger partial charge in [0.05, 0.1) is 5.02 Å². The first kappa shape index (κ1) is 13.9. The average molecular weight is 320 g/mol. The van der Waals surface area contributed by atoms with Crippen molar-refractivity contribution in [3.05, 3.63) is 17.3 Å². The van der Waals surface area contributed by atoms with E-state index < -0.39 is 0 Å². The number of hydrogen-bond donors (Lipinski definition) is 2. The van der Waals surface area contributed by atoms with Crippen LogP contribution in [-0.2, 0) is 0 Å². The second-order valence-electron chi connectivity index (χ2n) is 5.81. The summed E-state index contributed by atoms with van der Waals surface area (Å²) in [4.78, 5) is 18.2. The van der Waals surface area contributed by atoms with E-state index in [4.69, 9.17) is 17.4 Å². The number of fused-ring (bicyclic) bond motifs is 2. The zero-order valence-electron chi connectivity index (χ0n) is 12.2. The number of hydrazine groups is 1. The van der Waals surface area contributed by atoms with E-state index in [9.17, 15) is 0 Å². The van der Waals surface area contributed by atoms with Crippen LogP contribution in [0, 0.1) is 0 Å². The molecule has 7 nitrogen and oxygen atoms in total. The molecule has 2 aromatic rings. The topological polar surface area (TPSA) is 83.2 Å². The van der Waals surface area contributed by atoms with Crippen molar-refractivity contribution in [3.63, 3.8) is 0 Å². The number of nitrogens with one attached hydrogen (secondary N) is 1. The van der Waals surface area contributed by atoms with E-state index in [1.165, 1.54) is 19.4 Å². The number of piperazine rings is 1. The summed E-state index contributed by atoms with van der Waals surface area (Å²) in [7, 11) is 0. The summed E-state index contributed by atoms with van der Waals surface area (Å²) in [5.74, 6) is 7.00. The number of hydrogen-bond acceptors (Lipinski definition) is 7. The molecule has 0 aromatic carbocycles. The minimum atomic E-state index is 0.539. The maximum Gasteiger partial charge on any atom is 0.184 e. The summed E-state index contributed by atoms with van der Waals surface area (Å²) in [6.07, 6.45) is 4.12. The van der Waals surface area contributed by atoms with Gasteiger partial charge in [-0.25, -0.2) is 20.8 Å². The van der Waals surface area contributed by atoms with Gasteiger partial charge in [-0.2, -0.15) is 0 Å². The molecule has 22 heavy (non-hydrogen) atoms. The number of rotatable bonds is 2. The van der Waals surface area contributed by atoms with Crippen LogP contribution in [0.5, 0.6) is 0 Å². The quantitative estimate of drug-likeness (QED) is 0.636. The third-order valence-corrected chi connectivity index (χ3v) is 4.70. The molecule has 2 saturated heterocycles. The molecule has 3 N–H and O–H groups in total. The zero-order valence-corrected chi connectivity index (χ0v) is 12.9. The van der Waals surface area contributed by atoms with Gasteiger partial charge in [0, 0.05) is 31.9 Å². The largest absolute Gasteiger partial charge is 0.351 e. The molecule has 2 aliphatic rings. The molecule has 0 radical (unpaired) electrons. The van der Waals surface area contributed by atoms with Gasteiger partial charge in [-0.15, -0.1) is 0 Å². The molecule has 2 aliphatic heterocycles. The first-order chi connectivity index (χ1) is 10.7. The van der Waals surface area contributed by atoms with Crippen molar-refractivity contribution >= 4 is 34.4 Å². The number of halogens is 1. The molecule has 4 rings (SSSR count). The Hall–Kier alpha value is -1.70. The van der Waals surface area contributed by atoms with Crippen molar-refractivity contribution in [2.75, 3.05) is 36.5 Å². The Morgan fingerprint density at radius 1 is 1.27 bits per heavy atom. The molecule has 1 unspecified atom stereocenters. The first-order valence-corrected chi connectivity index (χ1v) is 7.91. The van der Waals surface area contributed by atoms with Gasteiger partial charge in [-0.3, -0.25) is 4.90 Å². The number of nitrogen functional groups attached to an aromatic ring is 1. The van der Waals surface area contributed by atoms with E-state index in [-0.39, 0.29) is 0 Å². The number of nitrogens with zero attached hydrogens (tertiary/aromatic N) is 5. The van der Waals surface area contributed by atoms with Crippen molar-refractivity contribution in [1.29, 1.82) is 0 Å². The molecular formula is C14H18ClN7. The predicted octanol–water partition coefficient (Wildman–Crippen LogP) is 1.25. The maximum atomic E-state index is 5.97. The monoisotopic (exact) mass is 319 g/mol. The maximum absolute atomic E-state index is 5.97. The van der Waals surface area contributed by atoms with Crippen LogP contribution in [0.3, 0.4) is 0 Å². The van der Waals surface area contributed by atoms with E-state index in [1.807, 2.05) is 0 Å². The Morgan fingerprint density at radius 2 is 2.18 bits per heavy atom. The molecule has 0 saturated carbocycles. The molecule has 0 amide bonds. The van der Waals surface area contributed by atoms with Crippen molar-refractivity contribution in [1.82, 2.24) is 19.9 Å². The van der Waals surface area contributed by atoms with E-state index in [1.54, 1.807) is 12.3 Å². The van der Waals surface area contributed by atoms with Gasteiger partial charge in [-0.05, 0) is 25.5 Å². The normalized spacial score (nSPS) is 22.1. The van der Waals surface area contributed by atoms with Crippen LogP contribution < -0.4 is 16.2 Å². The fourth-order valence-electron chi connectivity index (χ4n) is 3.41. The van der Waals surface area contributed by atoms with Crippen molar-refractivity contribution in [2.45, 2.75) is 18.9 Å². The molecule has 4 heterocycles. The Morgan fingerprint density at radius 3 is 3.05 bits per heavy atom. The Balaban J connectivity index is 1.72.